The lowest BCUT2D eigenvalue weighted by Crippen LogP contribution is -2.29. The molecule has 2 N–H and O–H groups in total. The first-order valence-electron chi connectivity index (χ1n) is 11.2. The molecular weight excluding hydrogens is 448 g/mol. The van der Waals surface area contributed by atoms with Crippen LogP contribution in [0.3, 0.4) is 0 Å². The SMILES string of the molecule is CCOC(=O)Oc1ccc(C(=O)Nc2ccccc2CNC(=O)COc2ccc(C)c(C)c2)cc1. The molecule has 0 aliphatic rings. The second kappa shape index (κ2) is 12.2. The van der Waals surface area contributed by atoms with E-state index in [1.165, 1.54) is 12.1 Å². The Morgan fingerprint density at radius 3 is 2.29 bits per heavy atom. The van der Waals surface area contributed by atoms with Crippen LogP contribution in [0.15, 0.2) is 66.7 Å². The number of ether oxygens (including phenoxy) is 3. The van der Waals surface area contributed by atoms with Crippen molar-refractivity contribution in [2.24, 2.45) is 0 Å². The Morgan fingerprint density at radius 1 is 0.857 bits per heavy atom. The van der Waals surface area contributed by atoms with E-state index in [1.807, 2.05) is 44.2 Å². The van der Waals surface area contributed by atoms with Crippen molar-refractivity contribution in [3.05, 3.63) is 89.0 Å². The van der Waals surface area contributed by atoms with Crippen LogP contribution in [0.5, 0.6) is 11.5 Å². The molecule has 8 heteroatoms. The lowest BCUT2D eigenvalue weighted by Gasteiger charge is -2.13. The van der Waals surface area contributed by atoms with Gasteiger partial charge in [-0.15, -0.1) is 0 Å². The molecule has 0 saturated carbocycles. The molecule has 182 valence electrons. The highest BCUT2D eigenvalue weighted by atomic mass is 16.7. The zero-order valence-electron chi connectivity index (χ0n) is 19.9. The van der Waals surface area contributed by atoms with Crippen LogP contribution < -0.4 is 20.1 Å². The molecule has 0 bridgehead atoms. The molecule has 0 saturated heterocycles. The molecular formula is C27H28N2O6. The molecule has 0 radical (unpaired) electrons. The van der Waals surface area contributed by atoms with Crippen molar-refractivity contribution in [2.45, 2.75) is 27.3 Å². The maximum Gasteiger partial charge on any atom is 0.513 e. The minimum absolute atomic E-state index is 0.114. The third kappa shape index (κ3) is 7.60. The summed E-state index contributed by atoms with van der Waals surface area (Å²) in [5.74, 6) is 0.284. The molecule has 8 nitrogen and oxygen atoms in total. The number of nitrogens with one attached hydrogen (secondary N) is 2. The summed E-state index contributed by atoms with van der Waals surface area (Å²) in [6.07, 6.45) is -0.806. The zero-order chi connectivity index (χ0) is 25.2. The van der Waals surface area contributed by atoms with E-state index in [2.05, 4.69) is 10.6 Å². The summed E-state index contributed by atoms with van der Waals surface area (Å²) in [4.78, 5) is 36.4. The molecule has 3 rings (SSSR count). The third-order valence-corrected chi connectivity index (χ3v) is 5.17. The lowest BCUT2D eigenvalue weighted by atomic mass is 10.1. The van der Waals surface area contributed by atoms with Crippen LogP contribution in [0.4, 0.5) is 10.5 Å². The summed E-state index contributed by atoms with van der Waals surface area (Å²) >= 11 is 0. The normalized spacial score (nSPS) is 10.3. The molecule has 0 fully saturated rings. The van der Waals surface area contributed by atoms with Crippen molar-refractivity contribution in [2.75, 3.05) is 18.5 Å². The van der Waals surface area contributed by atoms with E-state index in [1.54, 1.807) is 31.2 Å². The summed E-state index contributed by atoms with van der Waals surface area (Å²) in [6.45, 7) is 5.99. The van der Waals surface area contributed by atoms with Crippen molar-refractivity contribution in [3.8, 4) is 11.5 Å². The van der Waals surface area contributed by atoms with E-state index in [-0.39, 0.29) is 37.3 Å². The van der Waals surface area contributed by atoms with E-state index >= 15 is 0 Å². The molecule has 3 aromatic carbocycles. The topological polar surface area (TPSA) is 103 Å². The van der Waals surface area contributed by atoms with Gasteiger partial charge in [-0.05, 0) is 79.9 Å². The van der Waals surface area contributed by atoms with E-state index in [4.69, 9.17) is 14.2 Å². The number of hydrogen-bond acceptors (Lipinski definition) is 6. The highest BCUT2D eigenvalue weighted by Crippen LogP contribution is 2.19. The van der Waals surface area contributed by atoms with Crippen molar-refractivity contribution in [3.63, 3.8) is 0 Å². The highest BCUT2D eigenvalue weighted by Gasteiger charge is 2.12. The van der Waals surface area contributed by atoms with E-state index < -0.39 is 6.16 Å². The van der Waals surface area contributed by atoms with Gasteiger partial charge in [0.15, 0.2) is 6.61 Å². The molecule has 0 heterocycles. The average molecular weight is 477 g/mol. The number of carbonyl (C=O) groups excluding carboxylic acids is 3. The second-order valence-corrected chi connectivity index (χ2v) is 7.73. The van der Waals surface area contributed by atoms with Crippen molar-refractivity contribution in [1.29, 1.82) is 0 Å². The molecule has 0 aliphatic heterocycles. The van der Waals surface area contributed by atoms with Crippen molar-refractivity contribution < 1.29 is 28.6 Å². The Balaban J connectivity index is 1.54. The minimum atomic E-state index is -0.806. The number of hydrogen-bond donors (Lipinski definition) is 2. The fourth-order valence-corrected chi connectivity index (χ4v) is 3.11. The highest BCUT2D eigenvalue weighted by molar-refractivity contribution is 6.04. The van der Waals surface area contributed by atoms with E-state index in [0.717, 1.165) is 16.7 Å². The van der Waals surface area contributed by atoms with Crippen LogP contribution in [0.25, 0.3) is 0 Å². The lowest BCUT2D eigenvalue weighted by molar-refractivity contribution is -0.123. The summed E-state index contributed by atoms with van der Waals surface area (Å²) in [7, 11) is 0. The van der Waals surface area contributed by atoms with Crippen LogP contribution in [0.1, 0.15) is 34.0 Å². The van der Waals surface area contributed by atoms with Gasteiger partial charge in [0.05, 0.1) is 6.61 Å². The van der Waals surface area contributed by atoms with Crippen LogP contribution in [-0.2, 0) is 16.1 Å². The van der Waals surface area contributed by atoms with Gasteiger partial charge in [-0.25, -0.2) is 4.79 Å². The predicted molar refractivity (Wildman–Crippen MR) is 132 cm³/mol. The maximum absolute atomic E-state index is 12.7. The van der Waals surface area contributed by atoms with Crippen LogP contribution in [0.2, 0.25) is 0 Å². The predicted octanol–water partition coefficient (Wildman–Crippen LogP) is 4.79. The summed E-state index contributed by atoms with van der Waals surface area (Å²) < 4.78 is 15.3. The fourth-order valence-electron chi connectivity index (χ4n) is 3.11. The molecule has 0 unspecified atom stereocenters. The van der Waals surface area contributed by atoms with Crippen LogP contribution in [0, 0.1) is 13.8 Å². The van der Waals surface area contributed by atoms with Gasteiger partial charge >= 0.3 is 6.16 Å². The molecule has 35 heavy (non-hydrogen) atoms. The number of carbonyl (C=O) groups is 3. The number of aryl methyl sites for hydroxylation is 2. The summed E-state index contributed by atoms with van der Waals surface area (Å²) in [5.41, 5.74) is 3.93. The monoisotopic (exact) mass is 476 g/mol. The molecule has 0 spiro atoms. The van der Waals surface area contributed by atoms with Gasteiger partial charge in [-0.3, -0.25) is 9.59 Å². The Morgan fingerprint density at radius 2 is 1.57 bits per heavy atom. The summed E-state index contributed by atoms with van der Waals surface area (Å²) in [5, 5.41) is 5.66. The van der Waals surface area contributed by atoms with Gasteiger partial charge in [-0.2, -0.15) is 0 Å². The smallest absolute Gasteiger partial charge is 0.484 e. The number of para-hydroxylation sites is 1. The first-order valence-corrected chi connectivity index (χ1v) is 11.2. The second-order valence-electron chi connectivity index (χ2n) is 7.73. The van der Waals surface area contributed by atoms with Crippen molar-refractivity contribution in [1.82, 2.24) is 5.32 Å². The quantitative estimate of drug-likeness (QED) is 0.340. The average Bonchev–Trinajstić information content (AvgIpc) is 2.84. The fraction of sp³-hybridized carbons (Fsp3) is 0.222. The molecule has 2 amide bonds. The molecule has 0 atom stereocenters. The maximum atomic E-state index is 12.7. The third-order valence-electron chi connectivity index (χ3n) is 5.17. The zero-order valence-corrected chi connectivity index (χ0v) is 19.9. The Labute approximate surface area is 204 Å². The molecule has 0 aromatic heterocycles. The van der Waals surface area contributed by atoms with Gasteiger partial charge in [-0.1, -0.05) is 24.3 Å². The number of benzene rings is 3. The van der Waals surface area contributed by atoms with E-state index in [0.29, 0.717) is 17.0 Å². The van der Waals surface area contributed by atoms with Gasteiger partial charge in [0, 0.05) is 17.8 Å². The Bertz CT molecular complexity index is 1190. The first-order chi connectivity index (χ1) is 16.9. The first kappa shape index (κ1) is 25.3. The number of anilines is 1. The largest absolute Gasteiger partial charge is 0.513 e. The standard InChI is InChI=1S/C27H28N2O6/c1-4-33-27(32)35-22-13-10-20(11-14-22)26(31)29-24-8-6-5-7-21(24)16-28-25(30)17-34-23-12-9-18(2)19(3)15-23/h5-15H,4,16-17H2,1-3H3,(H,28,30)(H,29,31). The van der Waals surface area contributed by atoms with Gasteiger partial charge < -0.3 is 24.8 Å². The van der Waals surface area contributed by atoms with Crippen LogP contribution >= 0.6 is 0 Å². The summed E-state index contributed by atoms with van der Waals surface area (Å²) in [6, 6.07) is 18.9. The molecule has 3 aromatic rings. The van der Waals surface area contributed by atoms with E-state index in [9.17, 15) is 14.4 Å². The Kier molecular flexibility index (Phi) is 8.83. The Hall–Kier alpha value is -4.33. The van der Waals surface area contributed by atoms with Gasteiger partial charge in [0.25, 0.3) is 11.8 Å². The van der Waals surface area contributed by atoms with Crippen molar-refractivity contribution >= 4 is 23.7 Å². The number of rotatable bonds is 9. The molecule has 0 aliphatic carbocycles. The number of amides is 2. The van der Waals surface area contributed by atoms with Gasteiger partial charge in [0.1, 0.15) is 11.5 Å². The minimum Gasteiger partial charge on any atom is -0.484 e. The van der Waals surface area contributed by atoms with Gasteiger partial charge in [0.2, 0.25) is 0 Å². The van der Waals surface area contributed by atoms with Crippen LogP contribution in [-0.4, -0.2) is 31.2 Å².